The van der Waals surface area contributed by atoms with E-state index < -0.39 is 0 Å². The normalized spacial score (nSPS) is 10.4. The molecule has 1 amide bonds. The lowest BCUT2D eigenvalue weighted by Crippen LogP contribution is -2.26. The first-order chi connectivity index (χ1) is 13.5. The molecular formula is C22H21N3O3. The molecular weight excluding hydrogens is 354 g/mol. The maximum absolute atomic E-state index is 12.8. The summed E-state index contributed by atoms with van der Waals surface area (Å²) in [5.41, 5.74) is 3.82. The zero-order valence-electron chi connectivity index (χ0n) is 16.1. The van der Waals surface area contributed by atoms with Crippen LogP contribution in [0.1, 0.15) is 38.5 Å². The van der Waals surface area contributed by atoms with Gasteiger partial charge >= 0.3 is 0 Å². The van der Waals surface area contributed by atoms with Crippen LogP contribution in [-0.2, 0) is 13.2 Å². The molecule has 3 aromatic rings. The van der Waals surface area contributed by atoms with Crippen molar-refractivity contribution in [3.63, 3.8) is 0 Å². The molecule has 142 valence electrons. The number of amides is 1. The SMILES string of the molecule is Cc1noc(C)c1COc1cccc(C(=O)N(C)Cc2ccc(C#N)cc2)c1. The Kier molecular flexibility index (Phi) is 5.75. The topological polar surface area (TPSA) is 79.4 Å². The molecule has 0 N–H and O–H groups in total. The molecule has 0 aliphatic carbocycles. The van der Waals surface area contributed by atoms with Gasteiger partial charge in [0.15, 0.2) is 0 Å². The summed E-state index contributed by atoms with van der Waals surface area (Å²) in [5, 5.41) is 12.8. The average molecular weight is 375 g/mol. The highest BCUT2D eigenvalue weighted by Gasteiger charge is 2.14. The summed E-state index contributed by atoms with van der Waals surface area (Å²) in [5.74, 6) is 1.23. The second-order valence-electron chi connectivity index (χ2n) is 6.59. The van der Waals surface area contributed by atoms with Gasteiger partial charge in [-0.15, -0.1) is 0 Å². The summed E-state index contributed by atoms with van der Waals surface area (Å²) in [4.78, 5) is 14.4. The van der Waals surface area contributed by atoms with E-state index in [2.05, 4.69) is 11.2 Å². The minimum Gasteiger partial charge on any atom is -0.489 e. The van der Waals surface area contributed by atoms with Crippen molar-refractivity contribution < 1.29 is 14.1 Å². The van der Waals surface area contributed by atoms with Crippen LogP contribution in [0.5, 0.6) is 5.75 Å². The van der Waals surface area contributed by atoms with Crippen molar-refractivity contribution in [3.05, 3.63) is 82.2 Å². The molecule has 1 heterocycles. The van der Waals surface area contributed by atoms with E-state index in [9.17, 15) is 4.79 Å². The number of hydrogen-bond acceptors (Lipinski definition) is 5. The molecule has 1 aromatic heterocycles. The fourth-order valence-electron chi connectivity index (χ4n) is 2.83. The molecule has 0 fully saturated rings. The standard InChI is InChI=1S/C22H21N3O3/c1-15-21(16(2)28-24-15)14-27-20-6-4-5-19(11-20)22(26)25(3)13-18-9-7-17(12-23)8-10-18/h4-11H,13-14H2,1-3H3. The highest BCUT2D eigenvalue weighted by molar-refractivity contribution is 5.94. The van der Waals surface area contributed by atoms with Gasteiger partial charge in [0.2, 0.25) is 0 Å². The third-order valence-electron chi connectivity index (χ3n) is 4.49. The smallest absolute Gasteiger partial charge is 0.254 e. The summed E-state index contributed by atoms with van der Waals surface area (Å²) in [6.07, 6.45) is 0. The van der Waals surface area contributed by atoms with Crippen molar-refractivity contribution in [2.24, 2.45) is 0 Å². The lowest BCUT2D eigenvalue weighted by Gasteiger charge is -2.18. The zero-order chi connectivity index (χ0) is 20.1. The van der Waals surface area contributed by atoms with Gasteiger partial charge in [-0.2, -0.15) is 5.26 Å². The van der Waals surface area contributed by atoms with E-state index in [0.717, 1.165) is 22.6 Å². The van der Waals surface area contributed by atoms with Gasteiger partial charge in [-0.1, -0.05) is 23.4 Å². The maximum Gasteiger partial charge on any atom is 0.254 e. The Morgan fingerprint density at radius 3 is 2.61 bits per heavy atom. The number of aromatic nitrogens is 1. The largest absolute Gasteiger partial charge is 0.489 e. The number of nitrogens with zero attached hydrogens (tertiary/aromatic N) is 3. The highest BCUT2D eigenvalue weighted by atomic mass is 16.5. The molecule has 6 heteroatoms. The molecule has 0 radical (unpaired) electrons. The van der Waals surface area contributed by atoms with Gasteiger partial charge in [-0.25, -0.2) is 0 Å². The summed E-state index contributed by atoms with van der Waals surface area (Å²) < 4.78 is 11.0. The monoisotopic (exact) mass is 375 g/mol. The first kappa shape index (κ1) is 19.2. The van der Waals surface area contributed by atoms with E-state index >= 15 is 0 Å². The number of carbonyl (C=O) groups excluding carboxylic acids is 1. The number of hydrogen-bond donors (Lipinski definition) is 0. The van der Waals surface area contributed by atoms with Crippen LogP contribution < -0.4 is 4.74 Å². The maximum atomic E-state index is 12.8. The highest BCUT2D eigenvalue weighted by Crippen LogP contribution is 2.19. The van der Waals surface area contributed by atoms with Crippen molar-refractivity contribution in [1.82, 2.24) is 10.1 Å². The Hall–Kier alpha value is -3.59. The van der Waals surface area contributed by atoms with Crippen LogP contribution in [0.4, 0.5) is 0 Å². The van der Waals surface area contributed by atoms with Gasteiger partial charge in [-0.3, -0.25) is 4.79 Å². The second kappa shape index (κ2) is 8.40. The van der Waals surface area contributed by atoms with Gasteiger partial charge in [-0.05, 0) is 49.7 Å². The third kappa shape index (κ3) is 4.38. The molecule has 0 saturated carbocycles. The Labute approximate surface area is 163 Å². The first-order valence-corrected chi connectivity index (χ1v) is 8.87. The quantitative estimate of drug-likeness (QED) is 0.650. The Morgan fingerprint density at radius 2 is 1.96 bits per heavy atom. The molecule has 6 nitrogen and oxygen atoms in total. The van der Waals surface area contributed by atoms with Crippen molar-refractivity contribution in [1.29, 1.82) is 5.26 Å². The zero-order valence-corrected chi connectivity index (χ0v) is 16.1. The van der Waals surface area contributed by atoms with Crippen LogP contribution in [-0.4, -0.2) is 23.0 Å². The van der Waals surface area contributed by atoms with Gasteiger partial charge in [0, 0.05) is 19.2 Å². The van der Waals surface area contributed by atoms with Crippen molar-refractivity contribution in [2.75, 3.05) is 7.05 Å². The minimum atomic E-state index is -0.104. The first-order valence-electron chi connectivity index (χ1n) is 8.87. The average Bonchev–Trinajstić information content (AvgIpc) is 3.04. The van der Waals surface area contributed by atoms with E-state index in [-0.39, 0.29) is 5.91 Å². The summed E-state index contributed by atoms with van der Waals surface area (Å²) >= 11 is 0. The fraction of sp³-hybridized carbons (Fsp3) is 0.227. The number of rotatable bonds is 6. The van der Waals surface area contributed by atoms with Crippen molar-refractivity contribution in [3.8, 4) is 11.8 Å². The fourth-order valence-corrected chi connectivity index (χ4v) is 2.83. The van der Waals surface area contributed by atoms with E-state index in [0.29, 0.717) is 30.0 Å². The van der Waals surface area contributed by atoms with Crippen LogP contribution in [0, 0.1) is 25.2 Å². The van der Waals surface area contributed by atoms with E-state index in [1.54, 1.807) is 42.3 Å². The number of ether oxygens (including phenoxy) is 1. The molecule has 0 saturated heterocycles. The van der Waals surface area contributed by atoms with Gasteiger partial charge < -0.3 is 14.2 Å². The predicted octanol–water partition coefficient (Wildman–Crippen LogP) is 4.01. The Morgan fingerprint density at radius 1 is 1.21 bits per heavy atom. The number of aryl methyl sites for hydroxylation is 2. The van der Waals surface area contributed by atoms with E-state index in [4.69, 9.17) is 14.5 Å². The van der Waals surface area contributed by atoms with Crippen LogP contribution in [0.3, 0.4) is 0 Å². The number of carbonyl (C=O) groups is 1. The van der Waals surface area contributed by atoms with Crippen molar-refractivity contribution >= 4 is 5.91 Å². The Bertz CT molecular complexity index is 997. The Balaban J connectivity index is 1.66. The van der Waals surface area contributed by atoms with E-state index in [1.165, 1.54) is 0 Å². The molecule has 0 unspecified atom stereocenters. The minimum absolute atomic E-state index is 0.104. The molecule has 3 rings (SSSR count). The lowest BCUT2D eigenvalue weighted by molar-refractivity contribution is 0.0784. The molecule has 2 aromatic carbocycles. The number of benzene rings is 2. The van der Waals surface area contributed by atoms with Gasteiger partial charge in [0.25, 0.3) is 5.91 Å². The van der Waals surface area contributed by atoms with E-state index in [1.807, 2.05) is 32.0 Å². The van der Waals surface area contributed by atoms with Crippen molar-refractivity contribution in [2.45, 2.75) is 27.0 Å². The number of nitriles is 1. The third-order valence-corrected chi connectivity index (χ3v) is 4.49. The predicted molar refractivity (Wildman–Crippen MR) is 104 cm³/mol. The molecule has 0 aliphatic heterocycles. The summed E-state index contributed by atoms with van der Waals surface area (Å²) in [6, 6.07) is 16.4. The van der Waals surface area contributed by atoms with Crippen LogP contribution in [0.15, 0.2) is 53.1 Å². The molecule has 0 spiro atoms. The molecule has 0 bridgehead atoms. The summed E-state index contributed by atoms with van der Waals surface area (Å²) in [7, 11) is 1.75. The lowest BCUT2D eigenvalue weighted by atomic mass is 10.1. The molecule has 28 heavy (non-hydrogen) atoms. The van der Waals surface area contributed by atoms with Crippen LogP contribution in [0.2, 0.25) is 0 Å². The second-order valence-corrected chi connectivity index (χ2v) is 6.59. The summed E-state index contributed by atoms with van der Waals surface area (Å²) in [6.45, 7) is 4.50. The van der Waals surface area contributed by atoms with Crippen LogP contribution in [0.25, 0.3) is 0 Å². The van der Waals surface area contributed by atoms with Crippen LogP contribution >= 0.6 is 0 Å². The molecule has 0 aliphatic rings. The van der Waals surface area contributed by atoms with Gasteiger partial charge in [0.1, 0.15) is 18.1 Å². The van der Waals surface area contributed by atoms with Gasteiger partial charge in [0.05, 0.1) is 22.9 Å². The molecule has 0 atom stereocenters.